The summed E-state index contributed by atoms with van der Waals surface area (Å²) < 4.78 is 2.75. The van der Waals surface area contributed by atoms with Crippen LogP contribution in [0, 0.1) is 6.92 Å². The SMILES string of the molecule is CCNC(Cc1c(Cl)c(C)nn1C)c1ccc(Cl)c(Br)c1. The number of rotatable bonds is 5. The van der Waals surface area contributed by atoms with Crippen LogP contribution in [-0.2, 0) is 13.5 Å². The Hall–Kier alpha value is -0.550. The molecule has 0 amide bonds. The lowest BCUT2D eigenvalue weighted by atomic mass is 10.0. The fourth-order valence-electron chi connectivity index (χ4n) is 2.38. The molecule has 1 N–H and O–H groups in total. The fourth-order valence-corrected chi connectivity index (χ4v) is 3.13. The molecule has 0 radical (unpaired) electrons. The van der Waals surface area contributed by atoms with Crippen LogP contribution in [0.3, 0.4) is 0 Å². The molecule has 0 fully saturated rings. The number of hydrogen-bond acceptors (Lipinski definition) is 2. The van der Waals surface area contributed by atoms with E-state index < -0.39 is 0 Å². The molecule has 1 aromatic carbocycles. The highest BCUT2D eigenvalue weighted by atomic mass is 79.9. The Bertz CT molecular complexity index is 640. The predicted octanol–water partition coefficient (Wildman–Crippen LogP) is 4.69. The van der Waals surface area contributed by atoms with Gasteiger partial charge in [0.2, 0.25) is 0 Å². The van der Waals surface area contributed by atoms with Crippen molar-refractivity contribution < 1.29 is 0 Å². The standard InChI is InChI=1S/C15H18BrCl2N3/c1-4-19-13(10-5-6-12(17)11(16)7-10)8-14-15(18)9(2)20-21(14)3/h5-7,13,19H,4,8H2,1-3H3. The summed E-state index contributed by atoms with van der Waals surface area (Å²) in [5.41, 5.74) is 3.07. The highest BCUT2D eigenvalue weighted by Crippen LogP contribution is 2.29. The molecule has 1 aromatic heterocycles. The second-order valence-electron chi connectivity index (χ2n) is 4.96. The van der Waals surface area contributed by atoms with E-state index >= 15 is 0 Å². The second kappa shape index (κ2) is 7.14. The minimum Gasteiger partial charge on any atom is -0.310 e. The van der Waals surface area contributed by atoms with E-state index in [1.54, 1.807) is 0 Å². The lowest BCUT2D eigenvalue weighted by molar-refractivity contribution is 0.528. The molecule has 0 spiro atoms. The number of likely N-dealkylation sites (N-methyl/N-ethyl adjacent to an activating group) is 1. The van der Waals surface area contributed by atoms with Gasteiger partial charge in [0.1, 0.15) is 0 Å². The van der Waals surface area contributed by atoms with Crippen LogP contribution in [0.25, 0.3) is 0 Å². The van der Waals surface area contributed by atoms with E-state index in [0.717, 1.165) is 33.8 Å². The smallest absolute Gasteiger partial charge is 0.0847 e. The molecule has 21 heavy (non-hydrogen) atoms. The van der Waals surface area contributed by atoms with Crippen LogP contribution in [-0.4, -0.2) is 16.3 Å². The van der Waals surface area contributed by atoms with E-state index in [4.69, 9.17) is 23.2 Å². The van der Waals surface area contributed by atoms with Gasteiger partial charge in [-0.05, 0) is 47.1 Å². The summed E-state index contributed by atoms with van der Waals surface area (Å²) >= 11 is 15.9. The fraction of sp³-hybridized carbons (Fsp3) is 0.400. The summed E-state index contributed by atoms with van der Waals surface area (Å²) in [7, 11) is 1.93. The van der Waals surface area contributed by atoms with Crippen molar-refractivity contribution >= 4 is 39.1 Å². The van der Waals surface area contributed by atoms with Crippen LogP contribution in [0.5, 0.6) is 0 Å². The van der Waals surface area contributed by atoms with Gasteiger partial charge in [-0.3, -0.25) is 4.68 Å². The van der Waals surface area contributed by atoms with Gasteiger partial charge in [0.15, 0.2) is 0 Å². The summed E-state index contributed by atoms with van der Waals surface area (Å²) in [5.74, 6) is 0. The van der Waals surface area contributed by atoms with Gasteiger partial charge in [0.25, 0.3) is 0 Å². The zero-order valence-corrected chi connectivity index (χ0v) is 15.3. The van der Waals surface area contributed by atoms with E-state index in [1.165, 1.54) is 5.56 Å². The molecule has 0 bridgehead atoms. The van der Waals surface area contributed by atoms with Crippen molar-refractivity contribution in [3.05, 3.63) is 49.7 Å². The third-order valence-electron chi connectivity index (χ3n) is 3.46. The Morgan fingerprint density at radius 3 is 2.62 bits per heavy atom. The molecule has 0 saturated heterocycles. The van der Waals surface area contributed by atoms with Gasteiger partial charge < -0.3 is 5.32 Å². The predicted molar refractivity (Wildman–Crippen MR) is 92.2 cm³/mol. The average Bonchev–Trinajstić information content (AvgIpc) is 2.68. The van der Waals surface area contributed by atoms with Gasteiger partial charge in [-0.2, -0.15) is 5.10 Å². The van der Waals surface area contributed by atoms with Gasteiger partial charge in [0, 0.05) is 24.0 Å². The largest absolute Gasteiger partial charge is 0.310 e. The van der Waals surface area contributed by atoms with Gasteiger partial charge in [-0.15, -0.1) is 0 Å². The van der Waals surface area contributed by atoms with Gasteiger partial charge in [-0.25, -0.2) is 0 Å². The summed E-state index contributed by atoms with van der Waals surface area (Å²) in [6, 6.07) is 6.15. The minimum absolute atomic E-state index is 0.163. The first-order chi connectivity index (χ1) is 9.93. The summed E-state index contributed by atoms with van der Waals surface area (Å²) in [6.45, 7) is 4.89. The molecule has 114 valence electrons. The highest BCUT2D eigenvalue weighted by Gasteiger charge is 2.18. The van der Waals surface area contributed by atoms with Gasteiger partial charge in [-0.1, -0.05) is 36.2 Å². The summed E-state index contributed by atoms with van der Waals surface area (Å²) in [6.07, 6.45) is 0.776. The molecule has 6 heteroatoms. The summed E-state index contributed by atoms with van der Waals surface area (Å²) in [5, 5.41) is 9.33. The van der Waals surface area contributed by atoms with Crippen LogP contribution >= 0.6 is 39.1 Å². The monoisotopic (exact) mass is 389 g/mol. The second-order valence-corrected chi connectivity index (χ2v) is 6.60. The molecule has 1 unspecified atom stereocenters. The number of aryl methyl sites for hydroxylation is 2. The molecule has 0 aliphatic carbocycles. The maximum atomic E-state index is 6.36. The molecule has 2 rings (SSSR count). The number of hydrogen-bond donors (Lipinski definition) is 1. The molecular weight excluding hydrogens is 373 g/mol. The third kappa shape index (κ3) is 3.81. The maximum absolute atomic E-state index is 6.36. The molecule has 0 saturated carbocycles. The number of halogens is 3. The van der Waals surface area contributed by atoms with Gasteiger partial charge in [0.05, 0.1) is 21.4 Å². The lowest BCUT2D eigenvalue weighted by Crippen LogP contribution is -2.24. The van der Waals surface area contributed by atoms with Crippen molar-refractivity contribution in [3.8, 4) is 0 Å². The van der Waals surface area contributed by atoms with E-state index in [2.05, 4.69) is 33.3 Å². The van der Waals surface area contributed by atoms with Gasteiger partial charge >= 0.3 is 0 Å². The zero-order chi connectivity index (χ0) is 15.6. The van der Waals surface area contributed by atoms with Crippen molar-refractivity contribution in [2.24, 2.45) is 7.05 Å². The lowest BCUT2D eigenvalue weighted by Gasteiger charge is -2.19. The first-order valence-electron chi connectivity index (χ1n) is 6.80. The van der Waals surface area contributed by atoms with Crippen LogP contribution < -0.4 is 5.32 Å². The Morgan fingerprint density at radius 2 is 2.10 bits per heavy atom. The maximum Gasteiger partial charge on any atom is 0.0847 e. The average molecular weight is 391 g/mol. The molecule has 0 aliphatic rings. The summed E-state index contributed by atoms with van der Waals surface area (Å²) in [4.78, 5) is 0. The molecule has 3 nitrogen and oxygen atoms in total. The molecule has 0 aliphatic heterocycles. The van der Waals surface area contributed by atoms with E-state index in [0.29, 0.717) is 5.02 Å². The first kappa shape index (κ1) is 16.8. The number of nitrogens with zero attached hydrogens (tertiary/aromatic N) is 2. The quantitative estimate of drug-likeness (QED) is 0.802. The van der Waals surface area contributed by atoms with Crippen molar-refractivity contribution in [2.75, 3.05) is 6.54 Å². The van der Waals surface area contributed by atoms with Crippen LogP contribution in [0.2, 0.25) is 10.0 Å². The van der Waals surface area contributed by atoms with E-state index in [9.17, 15) is 0 Å². The molecule has 1 atom stereocenters. The van der Waals surface area contributed by atoms with Crippen molar-refractivity contribution in [2.45, 2.75) is 26.3 Å². The Morgan fingerprint density at radius 1 is 1.38 bits per heavy atom. The van der Waals surface area contributed by atoms with Crippen LogP contribution in [0.15, 0.2) is 22.7 Å². The number of aromatic nitrogens is 2. The highest BCUT2D eigenvalue weighted by molar-refractivity contribution is 9.10. The van der Waals surface area contributed by atoms with E-state index in [-0.39, 0.29) is 6.04 Å². The molecular formula is C15H18BrCl2N3. The first-order valence-corrected chi connectivity index (χ1v) is 8.35. The Balaban J connectivity index is 2.32. The van der Waals surface area contributed by atoms with E-state index in [1.807, 2.05) is 36.9 Å². The Kier molecular flexibility index (Phi) is 5.72. The van der Waals surface area contributed by atoms with Crippen LogP contribution in [0.1, 0.15) is 29.9 Å². The topological polar surface area (TPSA) is 29.9 Å². The molecule has 2 aromatic rings. The van der Waals surface area contributed by atoms with Crippen molar-refractivity contribution in [3.63, 3.8) is 0 Å². The van der Waals surface area contributed by atoms with Crippen molar-refractivity contribution in [1.82, 2.24) is 15.1 Å². The third-order valence-corrected chi connectivity index (χ3v) is 5.16. The minimum atomic E-state index is 0.163. The zero-order valence-electron chi connectivity index (χ0n) is 12.3. The normalized spacial score (nSPS) is 12.7. The number of benzene rings is 1. The molecule has 1 heterocycles. The Labute approximate surface area is 143 Å². The van der Waals surface area contributed by atoms with Crippen LogP contribution in [0.4, 0.5) is 0 Å². The number of nitrogens with one attached hydrogen (secondary N) is 1. The van der Waals surface area contributed by atoms with Crippen molar-refractivity contribution in [1.29, 1.82) is 0 Å².